The molecule has 0 aliphatic carbocycles. The summed E-state index contributed by atoms with van der Waals surface area (Å²) in [6, 6.07) is 13.7. The summed E-state index contributed by atoms with van der Waals surface area (Å²) < 4.78 is 2.77. The molecule has 0 aliphatic heterocycles. The molecule has 3 rings (SSSR count). The van der Waals surface area contributed by atoms with E-state index in [2.05, 4.69) is 26.3 Å². The van der Waals surface area contributed by atoms with E-state index in [1.54, 1.807) is 10.9 Å². The van der Waals surface area contributed by atoms with Crippen LogP contribution in [-0.2, 0) is 0 Å². The molecule has 122 valence electrons. The van der Waals surface area contributed by atoms with E-state index >= 15 is 0 Å². The van der Waals surface area contributed by atoms with Gasteiger partial charge in [-0.2, -0.15) is 5.10 Å². The molecule has 5 heteroatoms. The van der Waals surface area contributed by atoms with Crippen molar-refractivity contribution in [2.24, 2.45) is 0 Å². The summed E-state index contributed by atoms with van der Waals surface area (Å²) in [6.07, 6.45) is 1.61. The van der Waals surface area contributed by atoms with Gasteiger partial charge in [0.1, 0.15) is 0 Å². The van der Waals surface area contributed by atoms with Crippen molar-refractivity contribution < 1.29 is 4.79 Å². The summed E-state index contributed by atoms with van der Waals surface area (Å²) in [5.74, 6) is -0.149. The van der Waals surface area contributed by atoms with E-state index in [9.17, 15) is 4.79 Å². The van der Waals surface area contributed by atoms with Gasteiger partial charge in [0.25, 0.3) is 5.91 Å². The van der Waals surface area contributed by atoms with Crippen molar-refractivity contribution in [2.45, 2.75) is 20.8 Å². The lowest BCUT2D eigenvalue weighted by Gasteiger charge is -2.10. The molecule has 0 saturated carbocycles. The second-order valence-corrected chi connectivity index (χ2v) is 6.65. The molecule has 0 fully saturated rings. The van der Waals surface area contributed by atoms with Crippen LogP contribution in [0.5, 0.6) is 0 Å². The van der Waals surface area contributed by atoms with E-state index in [0.717, 1.165) is 32.7 Å². The normalized spacial score (nSPS) is 10.7. The van der Waals surface area contributed by atoms with Gasteiger partial charge in [0.2, 0.25) is 0 Å². The van der Waals surface area contributed by atoms with E-state index in [4.69, 9.17) is 0 Å². The van der Waals surface area contributed by atoms with E-state index in [0.29, 0.717) is 5.56 Å². The number of carbonyl (C=O) groups excluding carboxylic acids is 1. The van der Waals surface area contributed by atoms with Crippen molar-refractivity contribution >= 4 is 27.5 Å². The number of nitrogens with zero attached hydrogens (tertiary/aromatic N) is 2. The largest absolute Gasteiger partial charge is 0.322 e. The summed E-state index contributed by atoms with van der Waals surface area (Å²) in [5, 5.41) is 7.34. The molecule has 0 unspecified atom stereocenters. The second-order valence-electron chi connectivity index (χ2n) is 5.73. The number of anilines is 1. The van der Waals surface area contributed by atoms with Crippen molar-refractivity contribution in [2.75, 3.05) is 5.32 Å². The Kier molecular flexibility index (Phi) is 4.53. The zero-order valence-electron chi connectivity index (χ0n) is 13.8. The number of aromatic nitrogens is 2. The summed E-state index contributed by atoms with van der Waals surface area (Å²) in [7, 11) is 0. The van der Waals surface area contributed by atoms with Crippen LogP contribution >= 0.6 is 15.9 Å². The van der Waals surface area contributed by atoms with Crippen LogP contribution in [0.25, 0.3) is 5.69 Å². The fourth-order valence-electron chi connectivity index (χ4n) is 2.55. The average Bonchev–Trinajstić information content (AvgIpc) is 2.94. The first-order chi connectivity index (χ1) is 11.5. The third-order valence-electron chi connectivity index (χ3n) is 4.18. The molecule has 0 spiro atoms. The Balaban J connectivity index is 1.89. The fourth-order valence-corrected chi connectivity index (χ4v) is 2.82. The maximum atomic E-state index is 12.6. The molecule has 1 amide bonds. The molecule has 0 saturated heterocycles. The number of halogens is 1. The Morgan fingerprint density at radius 1 is 1.08 bits per heavy atom. The lowest BCUT2D eigenvalue weighted by Crippen LogP contribution is -2.14. The van der Waals surface area contributed by atoms with Gasteiger partial charge in [-0.3, -0.25) is 4.79 Å². The predicted molar refractivity (Wildman–Crippen MR) is 99.9 cm³/mol. The lowest BCUT2D eigenvalue weighted by atomic mass is 10.1. The van der Waals surface area contributed by atoms with Gasteiger partial charge >= 0.3 is 0 Å². The molecular weight excluding hydrogens is 366 g/mol. The molecule has 1 heterocycles. The number of nitrogens with one attached hydrogen (secondary N) is 1. The highest BCUT2D eigenvalue weighted by atomic mass is 79.9. The van der Waals surface area contributed by atoms with Crippen LogP contribution in [0.2, 0.25) is 0 Å². The van der Waals surface area contributed by atoms with Crippen LogP contribution in [0.15, 0.2) is 53.1 Å². The number of benzene rings is 2. The first-order valence-corrected chi connectivity index (χ1v) is 8.45. The Hall–Kier alpha value is -2.40. The standard InChI is InChI=1S/C19H18BrN3O/c1-12-5-4-6-18(13(12)2)22-19(24)17-11-21-23(14(17)3)16-9-7-15(20)8-10-16/h4-11H,1-3H3,(H,22,24). The minimum absolute atomic E-state index is 0.149. The number of amides is 1. The molecule has 3 aromatic rings. The number of rotatable bonds is 3. The highest BCUT2D eigenvalue weighted by Gasteiger charge is 2.16. The summed E-state index contributed by atoms with van der Waals surface area (Å²) in [6.45, 7) is 5.93. The molecule has 1 N–H and O–H groups in total. The highest BCUT2D eigenvalue weighted by molar-refractivity contribution is 9.10. The van der Waals surface area contributed by atoms with Crippen molar-refractivity contribution in [3.05, 3.63) is 75.5 Å². The van der Waals surface area contributed by atoms with E-state index in [1.165, 1.54) is 0 Å². The van der Waals surface area contributed by atoms with Crippen LogP contribution in [0.3, 0.4) is 0 Å². The van der Waals surface area contributed by atoms with Crippen LogP contribution in [0.4, 0.5) is 5.69 Å². The third-order valence-corrected chi connectivity index (χ3v) is 4.71. The van der Waals surface area contributed by atoms with E-state index in [-0.39, 0.29) is 5.91 Å². The molecule has 1 aromatic heterocycles. The van der Waals surface area contributed by atoms with Crippen molar-refractivity contribution in [1.29, 1.82) is 0 Å². The molecule has 24 heavy (non-hydrogen) atoms. The molecule has 2 aromatic carbocycles. The summed E-state index contributed by atoms with van der Waals surface area (Å²) >= 11 is 3.42. The maximum Gasteiger partial charge on any atom is 0.259 e. The molecular formula is C19H18BrN3O. The van der Waals surface area contributed by atoms with Gasteiger partial charge in [-0.25, -0.2) is 4.68 Å². The van der Waals surface area contributed by atoms with E-state index < -0.39 is 0 Å². The fraction of sp³-hybridized carbons (Fsp3) is 0.158. The van der Waals surface area contributed by atoms with Crippen LogP contribution < -0.4 is 5.32 Å². The zero-order valence-corrected chi connectivity index (χ0v) is 15.4. The molecule has 0 aliphatic rings. The van der Waals surface area contributed by atoms with Crippen LogP contribution in [-0.4, -0.2) is 15.7 Å². The van der Waals surface area contributed by atoms with Gasteiger partial charge in [-0.1, -0.05) is 28.1 Å². The Morgan fingerprint density at radius 2 is 1.79 bits per heavy atom. The van der Waals surface area contributed by atoms with Gasteiger partial charge in [0, 0.05) is 10.2 Å². The quantitative estimate of drug-likeness (QED) is 0.704. The second kappa shape index (κ2) is 6.61. The van der Waals surface area contributed by atoms with Gasteiger partial charge in [0.15, 0.2) is 0 Å². The van der Waals surface area contributed by atoms with Crippen LogP contribution in [0.1, 0.15) is 27.2 Å². The molecule has 4 nitrogen and oxygen atoms in total. The first-order valence-electron chi connectivity index (χ1n) is 7.65. The summed E-state index contributed by atoms with van der Waals surface area (Å²) in [5.41, 5.74) is 5.34. The highest BCUT2D eigenvalue weighted by Crippen LogP contribution is 2.21. The first kappa shape index (κ1) is 16.5. The molecule has 0 atom stereocenters. The zero-order chi connectivity index (χ0) is 17.3. The monoisotopic (exact) mass is 383 g/mol. The summed E-state index contributed by atoms with van der Waals surface area (Å²) in [4.78, 5) is 12.6. The Labute approximate surface area is 149 Å². The lowest BCUT2D eigenvalue weighted by molar-refractivity contribution is 0.102. The SMILES string of the molecule is Cc1cccc(NC(=O)c2cnn(-c3ccc(Br)cc3)c2C)c1C. The third kappa shape index (κ3) is 3.12. The Morgan fingerprint density at radius 3 is 2.50 bits per heavy atom. The number of carbonyl (C=O) groups is 1. The smallest absolute Gasteiger partial charge is 0.259 e. The number of aryl methyl sites for hydroxylation is 1. The Bertz CT molecular complexity index is 897. The number of hydrogen-bond acceptors (Lipinski definition) is 2. The van der Waals surface area contributed by atoms with Gasteiger partial charge < -0.3 is 5.32 Å². The maximum absolute atomic E-state index is 12.6. The van der Waals surface area contributed by atoms with Gasteiger partial charge in [0.05, 0.1) is 23.1 Å². The van der Waals surface area contributed by atoms with Crippen molar-refractivity contribution in [1.82, 2.24) is 9.78 Å². The van der Waals surface area contributed by atoms with E-state index in [1.807, 2.05) is 63.2 Å². The topological polar surface area (TPSA) is 46.9 Å². The molecule has 0 radical (unpaired) electrons. The van der Waals surface area contributed by atoms with Gasteiger partial charge in [-0.05, 0) is 62.2 Å². The van der Waals surface area contributed by atoms with Crippen molar-refractivity contribution in [3.63, 3.8) is 0 Å². The predicted octanol–water partition coefficient (Wildman–Crippen LogP) is 4.81. The van der Waals surface area contributed by atoms with Gasteiger partial charge in [-0.15, -0.1) is 0 Å². The molecule has 0 bridgehead atoms. The van der Waals surface area contributed by atoms with Crippen LogP contribution in [0, 0.1) is 20.8 Å². The minimum Gasteiger partial charge on any atom is -0.322 e. The minimum atomic E-state index is -0.149. The number of hydrogen-bond donors (Lipinski definition) is 1. The average molecular weight is 384 g/mol. The van der Waals surface area contributed by atoms with Crippen molar-refractivity contribution in [3.8, 4) is 5.69 Å².